The lowest BCUT2D eigenvalue weighted by molar-refractivity contribution is -0.0440. The first-order valence-corrected chi connectivity index (χ1v) is 8.05. The summed E-state index contributed by atoms with van der Waals surface area (Å²) >= 11 is 6.13. The number of halogens is 1. The Labute approximate surface area is 139 Å². The van der Waals surface area contributed by atoms with Crippen LogP contribution < -0.4 is 10.6 Å². The van der Waals surface area contributed by atoms with Gasteiger partial charge in [-0.05, 0) is 25.0 Å². The van der Waals surface area contributed by atoms with Crippen LogP contribution in [-0.2, 0) is 9.47 Å². The van der Waals surface area contributed by atoms with Gasteiger partial charge < -0.3 is 20.1 Å². The number of nitrogens with zero attached hydrogens (tertiary/aromatic N) is 2. The first kappa shape index (κ1) is 14.7. The fourth-order valence-corrected chi connectivity index (χ4v) is 2.54. The maximum absolute atomic E-state index is 6.13. The zero-order valence-corrected chi connectivity index (χ0v) is 13.2. The van der Waals surface area contributed by atoms with Crippen LogP contribution in [0.25, 0.3) is 0 Å². The van der Waals surface area contributed by atoms with E-state index in [0.717, 1.165) is 24.1 Å². The summed E-state index contributed by atoms with van der Waals surface area (Å²) in [5.41, 5.74) is 1.85. The van der Waals surface area contributed by atoms with Gasteiger partial charge in [-0.2, -0.15) is 4.98 Å². The van der Waals surface area contributed by atoms with Crippen molar-refractivity contribution in [3.63, 3.8) is 0 Å². The van der Waals surface area contributed by atoms with Gasteiger partial charge in [0, 0.05) is 17.3 Å². The number of benzene rings is 1. The monoisotopic (exact) mass is 332 g/mol. The smallest absolute Gasteiger partial charge is 0.229 e. The molecule has 0 radical (unpaired) electrons. The van der Waals surface area contributed by atoms with E-state index in [1.165, 1.54) is 0 Å². The average molecular weight is 333 g/mol. The van der Waals surface area contributed by atoms with Gasteiger partial charge in [0.2, 0.25) is 5.95 Å². The van der Waals surface area contributed by atoms with Crippen molar-refractivity contribution in [1.82, 2.24) is 9.97 Å². The van der Waals surface area contributed by atoms with Crippen LogP contribution in [0.5, 0.6) is 0 Å². The molecule has 1 saturated carbocycles. The SMILES string of the molecule is Clc1cnc(Nc2cccc(C3OCCO3)c2)nc1NC1CC1. The molecular weight excluding hydrogens is 316 g/mol. The highest BCUT2D eigenvalue weighted by Crippen LogP contribution is 2.29. The Bertz CT molecular complexity index is 702. The van der Waals surface area contributed by atoms with Crippen LogP contribution in [0.4, 0.5) is 17.5 Å². The van der Waals surface area contributed by atoms with Crippen LogP contribution >= 0.6 is 11.6 Å². The second kappa shape index (κ2) is 6.31. The Morgan fingerprint density at radius 2 is 2.00 bits per heavy atom. The van der Waals surface area contributed by atoms with Crippen LogP contribution in [0.2, 0.25) is 5.02 Å². The molecule has 0 atom stereocenters. The third-order valence-corrected chi connectivity index (χ3v) is 3.98. The van der Waals surface area contributed by atoms with E-state index in [-0.39, 0.29) is 6.29 Å². The van der Waals surface area contributed by atoms with Crippen LogP contribution in [0.15, 0.2) is 30.5 Å². The summed E-state index contributed by atoms with van der Waals surface area (Å²) in [7, 11) is 0. The predicted octanol–water partition coefficient (Wildman–Crippen LogP) is 3.49. The first-order valence-electron chi connectivity index (χ1n) is 7.67. The number of nitrogens with one attached hydrogen (secondary N) is 2. The molecule has 1 aromatic carbocycles. The molecular formula is C16H17ClN4O2. The summed E-state index contributed by atoms with van der Waals surface area (Å²) in [5.74, 6) is 1.17. The first-order chi connectivity index (χ1) is 11.3. The number of anilines is 3. The molecule has 7 heteroatoms. The van der Waals surface area contributed by atoms with E-state index < -0.39 is 0 Å². The van der Waals surface area contributed by atoms with Gasteiger partial charge >= 0.3 is 0 Å². The Kier molecular flexibility index (Phi) is 4.03. The van der Waals surface area contributed by atoms with Crippen molar-refractivity contribution >= 4 is 29.1 Å². The van der Waals surface area contributed by atoms with Gasteiger partial charge in [0.05, 0.1) is 19.4 Å². The molecule has 2 heterocycles. The molecule has 23 heavy (non-hydrogen) atoms. The van der Waals surface area contributed by atoms with Crippen LogP contribution in [0, 0.1) is 0 Å². The van der Waals surface area contributed by atoms with Gasteiger partial charge in [-0.15, -0.1) is 0 Å². The molecule has 120 valence electrons. The van der Waals surface area contributed by atoms with E-state index in [2.05, 4.69) is 20.6 Å². The zero-order chi connectivity index (χ0) is 15.6. The summed E-state index contributed by atoms with van der Waals surface area (Å²) in [5, 5.41) is 7.03. The highest BCUT2D eigenvalue weighted by atomic mass is 35.5. The number of aromatic nitrogens is 2. The Balaban J connectivity index is 1.51. The summed E-state index contributed by atoms with van der Waals surface area (Å²) < 4.78 is 11.0. The van der Waals surface area contributed by atoms with Crippen LogP contribution in [-0.4, -0.2) is 29.2 Å². The fraction of sp³-hybridized carbons (Fsp3) is 0.375. The zero-order valence-electron chi connectivity index (χ0n) is 12.5. The highest BCUT2D eigenvalue weighted by Gasteiger charge is 2.23. The van der Waals surface area contributed by atoms with E-state index in [0.29, 0.717) is 36.0 Å². The van der Waals surface area contributed by atoms with E-state index in [1.807, 2.05) is 24.3 Å². The van der Waals surface area contributed by atoms with Crippen molar-refractivity contribution < 1.29 is 9.47 Å². The van der Waals surface area contributed by atoms with Crippen LogP contribution in [0.1, 0.15) is 24.7 Å². The Hall–Kier alpha value is -1.89. The molecule has 1 aromatic heterocycles. The molecule has 0 unspecified atom stereocenters. The largest absolute Gasteiger partial charge is 0.366 e. The molecule has 2 fully saturated rings. The lowest BCUT2D eigenvalue weighted by Crippen LogP contribution is -2.06. The highest BCUT2D eigenvalue weighted by molar-refractivity contribution is 6.32. The maximum Gasteiger partial charge on any atom is 0.229 e. The fourth-order valence-electron chi connectivity index (χ4n) is 2.39. The van der Waals surface area contributed by atoms with E-state index in [1.54, 1.807) is 6.20 Å². The molecule has 0 bridgehead atoms. The summed E-state index contributed by atoms with van der Waals surface area (Å²) in [6, 6.07) is 8.33. The minimum Gasteiger partial charge on any atom is -0.366 e. The topological polar surface area (TPSA) is 68.3 Å². The second-order valence-electron chi connectivity index (χ2n) is 5.63. The van der Waals surface area contributed by atoms with Crippen molar-refractivity contribution in [3.05, 3.63) is 41.0 Å². The average Bonchev–Trinajstić information content (AvgIpc) is 3.20. The van der Waals surface area contributed by atoms with E-state index in [9.17, 15) is 0 Å². The summed E-state index contributed by atoms with van der Waals surface area (Å²) in [6.07, 6.45) is 3.63. The Morgan fingerprint density at radius 3 is 2.78 bits per heavy atom. The number of rotatable bonds is 5. The molecule has 6 nitrogen and oxygen atoms in total. The molecule has 1 aliphatic heterocycles. The molecule has 2 N–H and O–H groups in total. The van der Waals surface area contributed by atoms with Crippen molar-refractivity contribution in [2.75, 3.05) is 23.8 Å². The maximum atomic E-state index is 6.13. The van der Waals surface area contributed by atoms with Gasteiger partial charge in [0.15, 0.2) is 12.1 Å². The molecule has 1 saturated heterocycles. The van der Waals surface area contributed by atoms with Gasteiger partial charge in [0.1, 0.15) is 5.02 Å². The third-order valence-electron chi connectivity index (χ3n) is 3.70. The summed E-state index contributed by atoms with van der Waals surface area (Å²) in [4.78, 5) is 8.68. The second-order valence-corrected chi connectivity index (χ2v) is 6.04. The van der Waals surface area contributed by atoms with Crippen molar-refractivity contribution in [2.24, 2.45) is 0 Å². The van der Waals surface area contributed by atoms with Crippen molar-refractivity contribution in [3.8, 4) is 0 Å². The molecule has 0 amide bonds. The van der Waals surface area contributed by atoms with E-state index >= 15 is 0 Å². The van der Waals surface area contributed by atoms with Crippen LogP contribution in [0.3, 0.4) is 0 Å². The van der Waals surface area contributed by atoms with Gasteiger partial charge in [-0.1, -0.05) is 23.7 Å². The third kappa shape index (κ3) is 3.55. The Morgan fingerprint density at radius 1 is 1.17 bits per heavy atom. The molecule has 0 spiro atoms. The number of hydrogen-bond acceptors (Lipinski definition) is 6. The predicted molar refractivity (Wildman–Crippen MR) is 88.1 cm³/mol. The molecule has 2 aromatic rings. The quantitative estimate of drug-likeness (QED) is 0.873. The van der Waals surface area contributed by atoms with E-state index in [4.69, 9.17) is 21.1 Å². The number of hydrogen-bond donors (Lipinski definition) is 2. The normalized spacial score (nSPS) is 18.1. The minimum atomic E-state index is -0.296. The molecule has 4 rings (SSSR count). The molecule has 1 aliphatic carbocycles. The van der Waals surface area contributed by atoms with Gasteiger partial charge in [-0.25, -0.2) is 4.98 Å². The van der Waals surface area contributed by atoms with Crippen molar-refractivity contribution in [2.45, 2.75) is 25.2 Å². The van der Waals surface area contributed by atoms with Crippen molar-refractivity contribution in [1.29, 1.82) is 0 Å². The number of ether oxygens (including phenoxy) is 2. The van der Waals surface area contributed by atoms with Gasteiger partial charge in [0.25, 0.3) is 0 Å². The lowest BCUT2D eigenvalue weighted by Gasteiger charge is -2.12. The lowest BCUT2D eigenvalue weighted by atomic mass is 10.2. The van der Waals surface area contributed by atoms with Gasteiger partial charge in [-0.3, -0.25) is 0 Å². The standard InChI is InChI=1S/C16H17ClN4O2/c17-13-9-18-16(21-14(13)19-11-4-5-11)20-12-3-1-2-10(8-12)15-22-6-7-23-15/h1-3,8-9,11,15H,4-7H2,(H2,18,19,20,21). The minimum absolute atomic E-state index is 0.296. The molecule has 2 aliphatic rings. The summed E-state index contributed by atoms with van der Waals surface area (Å²) in [6.45, 7) is 1.25.